The van der Waals surface area contributed by atoms with E-state index in [-0.39, 0.29) is 11.6 Å². The summed E-state index contributed by atoms with van der Waals surface area (Å²) in [6.07, 6.45) is 0. The Morgan fingerprint density at radius 2 is 0.457 bits per heavy atom. The average Bonchev–Trinajstić information content (AvgIpc) is 3.95. The highest BCUT2D eigenvalue weighted by atomic mass is 19.1. The third-order valence-electron chi connectivity index (χ3n) is 15.2. The van der Waals surface area contributed by atoms with Crippen molar-refractivity contribution in [3.63, 3.8) is 0 Å². The highest BCUT2D eigenvalue weighted by molar-refractivity contribution is 6.44. The molecule has 70 heavy (non-hydrogen) atoms. The van der Waals surface area contributed by atoms with Crippen LogP contribution in [0, 0.1) is 11.6 Å². The second-order valence-electron chi connectivity index (χ2n) is 18.8. The van der Waals surface area contributed by atoms with Gasteiger partial charge in [0.25, 0.3) is 0 Å². The maximum absolute atomic E-state index is 14.6. The van der Waals surface area contributed by atoms with Crippen LogP contribution in [0.3, 0.4) is 0 Å². The van der Waals surface area contributed by atoms with Gasteiger partial charge in [-0.25, -0.2) is 8.78 Å². The van der Waals surface area contributed by atoms with Gasteiger partial charge in [0, 0.05) is 0 Å². The maximum atomic E-state index is 14.6. The summed E-state index contributed by atoms with van der Waals surface area (Å²) in [6.45, 7) is 0. The third-order valence-corrected chi connectivity index (χ3v) is 15.2. The summed E-state index contributed by atoms with van der Waals surface area (Å²) < 4.78 is 29.2. The summed E-state index contributed by atoms with van der Waals surface area (Å²) in [4.78, 5) is 0. The van der Waals surface area contributed by atoms with Gasteiger partial charge in [0.1, 0.15) is 11.6 Å². The molecule has 2 aliphatic carbocycles. The molecule has 0 saturated carbocycles. The van der Waals surface area contributed by atoms with Crippen molar-refractivity contribution in [2.75, 3.05) is 0 Å². The third kappa shape index (κ3) is 5.44. The SMILES string of the molecule is Fc1ccc(-c2ccc(-c3ccccc3)c3c2-c2ccc4c5c(-c6ccccc6)cc6c7c(ccc(c8c(-c9ccccc9)cc-3c2c48)c75)-c2c(-c3ccccc3)ccc(-c3ccc(F)cc3)c2-6)cc1. The van der Waals surface area contributed by atoms with E-state index in [9.17, 15) is 8.78 Å². The zero-order valence-electron chi connectivity index (χ0n) is 37.7. The first kappa shape index (κ1) is 39.1. The Hall–Kier alpha value is -8.98. The van der Waals surface area contributed by atoms with E-state index in [1.54, 1.807) is 24.3 Å². The Labute approximate surface area is 403 Å². The van der Waals surface area contributed by atoms with E-state index >= 15 is 0 Å². The summed E-state index contributed by atoms with van der Waals surface area (Å²) >= 11 is 0. The van der Waals surface area contributed by atoms with Crippen LogP contribution in [-0.4, -0.2) is 0 Å². The molecule has 324 valence electrons. The number of rotatable bonds is 6. The molecule has 0 amide bonds. The van der Waals surface area contributed by atoms with Gasteiger partial charge in [-0.05, 0) is 191 Å². The van der Waals surface area contributed by atoms with Gasteiger partial charge in [-0.2, -0.15) is 0 Å². The lowest BCUT2D eigenvalue weighted by molar-refractivity contribution is 0.627. The van der Waals surface area contributed by atoms with Crippen molar-refractivity contribution < 1.29 is 8.78 Å². The van der Waals surface area contributed by atoms with E-state index in [4.69, 9.17) is 0 Å². The summed E-state index contributed by atoms with van der Waals surface area (Å²) in [7, 11) is 0. The van der Waals surface area contributed by atoms with Crippen molar-refractivity contribution in [2.45, 2.75) is 0 Å². The lowest BCUT2D eigenvalue weighted by Gasteiger charge is -2.22. The van der Waals surface area contributed by atoms with Crippen LogP contribution in [0.2, 0.25) is 0 Å². The van der Waals surface area contributed by atoms with Gasteiger partial charge in [-0.3, -0.25) is 0 Å². The summed E-state index contributed by atoms with van der Waals surface area (Å²) in [5.74, 6) is -0.503. The first-order chi connectivity index (χ1) is 34.6. The molecular formula is C68H38F2. The van der Waals surface area contributed by atoms with Crippen molar-refractivity contribution in [3.8, 4) is 111 Å². The van der Waals surface area contributed by atoms with Gasteiger partial charge in [-0.15, -0.1) is 0 Å². The minimum Gasteiger partial charge on any atom is -0.207 e. The number of benzene rings is 13. The largest absolute Gasteiger partial charge is 0.207 e. The normalized spacial score (nSPS) is 12.1. The number of hydrogen-bond acceptors (Lipinski definition) is 0. The predicted molar refractivity (Wildman–Crippen MR) is 289 cm³/mol. The van der Waals surface area contributed by atoms with Crippen LogP contribution >= 0.6 is 0 Å². The number of hydrogen-bond donors (Lipinski definition) is 0. The van der Waals surface area contributed by atoms with Crippen LogP contribution in [0.4, 0.5) is 8.78 Å². The molecule has 0 fully saturated rings. The minimum absolute atomic E-state index is 0.251. The molecule has 13 aromatic rings. The molecule has 0 radical (unpaired) electrons. The zero-order valence-corrected chi connectivity index (χ0v) is 37.7. The average molecular weight is 893 g/mol. The fraction of sp³-hybridized carbons (Fsp3) is 0. The van der Waals surface area contributed by atoms with Crippen molar-refractivity contribution in [1.82, 2.24) is 0 Å². The number of halogens is 2. The second kappa shape index (κ2) is 14.8. The lowest BCUT2D eigenvalue weighted by atomic mass is 9.80. The van der Waals surface area contributed by atoms with E-state index in [0.29, 0.717) is 0 Å². The molecule has 0 spiro atoms. The van der Waals surface area contributed by atoms with Gasteiger partial charge >= 0.3 is 0 Å². The van der Waals surface area contributed by atoms with Gasteiger partial charge < -0.3 is 0 Å². The van der Waals surface area contributed by atoms with Crippen molar-refractivity contribution >= 4 is 43.1 Å². The van der Waals surface area contributed by atoms with Crippen LogP contribution in [0.15, 0.2) is 231 Å². The van der Waals surface area contributed by atoms with Gasteiger partial charge in [0.15, 0.2) is 0 Å². The highest BCUT2D eigenvalue weighted by Gasteiger charge is 2.35. The maximum Gasteiger partial charge on any atom is 0.123 e. The van der Waals surface area contributed by atoms with Crippen LogP contribution in [0.1, 0.15) is 0 Å². The molecule has 0 atom stereocenters. The predicted octanol–water partition coefficient (Wildman–Crippen LogP) is 19.3. The Morgan fingerprint density at radius 3 is 0.786 bits per heavy atom. The Morgan fingerprint density at radius 1 is 0.186 bits per heavy atom. The van der Waals surface area contributed by atoms with Gasteiger partial charge in [0.05, 0.1) is 0 Å². The molecule has 13 aromatic carbocycles. The minimum atomic E-state index is -0.252. The van der Waals surface area contributed by atoms with E-state index in [1.807, 2.05) is 24.3 Å². The fourth-order valence-corrected chi connectivity index (χ4v) is 12.4. The van der Waals surface area contributed by atoms with Crippen LogP contribution in [0.5, 0.6) is 0 Å². The molecule has 0 aromatic heterocycles. The Kier molecular flexibility index (Phi) is 8.24. The summed E-state index contributed by atoms with van der Waals surface area (Å²) in [6, 6.07) is 80.5. The van der Waals surface area contributed by atoms with Crippen molar-refractivity contribution in [1.29, 1.82) is 0 Å². The summed E-state index contributed by atoms with van der Waals surface area (Å²) in [5.41, 5.74) is 22.9. The fourth-order valence-electron chi connectivity index (χ4n) is 12.4. The van der Waals surface area contributed by atoms with Gasteiger partial charge in [0.2, 0.25) is 0 Å². The Bertz CT molecular complexity index is 4270. The molecule has 0 N–H and O–H groups in total. The second-order valence-corrected chi connectivity index (χ2v) is 18.8. The van der Waals surface area contributed by atoms with Crippen LogP contribution in [0.25, 0.3) is 154 Å². The molecule has 0 bridgehead atoms. The lowest BCUT2D eigenvalue weighted by Crippen LogP contribution is -1.94. The molecule has 0 unspecified atom stereocenters. The quantitative estimate of drug-likeness (QED) is 0.115. The molecule has 15 rings (SSSR count). The molecule has 0 nitrogen and oxygen atoms in total. The monoisotopic (exact) mass is 892 g/mol. The first-order valence-corrected chi connectivity index (χ1v) is 24.0. The topological polar surface area (TPSA) is 0 Å². The zero-order chi connectivity index (χ0) is 46.2. The smallest absolute Gasteiger partial charge is 0.123 e. The van der Waals surface area contributed by atoms with Crippen molar-refractivity contribution in [2.24, 2.45) is 0 Å². The molecule has 0 saturated heterocycles. The molecule has 2 aliphatic rings. The van der Waals surface area contributed by atoms with Crippen LogP contribution < -0.4 is 0 Å². The highest BCUT2D eigenvalue weighted by Crippen LogP contribution is 2.63. The van der Waals surface area contributed by atoms with Gasteiger partial charge in [-0.1, -0.05) is 194 Å². The van der Waals surface area contributed by atoms with E-state index in [1.165, 1.54) is 110 Å². The Balaban J connectivity index is 1.15. The standard InChI is InChI=1S/C68H38F2/c69-45-25-21-43(22-26-45)49-31-30-48(40-15-7-2-8-16-40)61-57-37-55(41-17-9-3-10-18-41)63-53-35-33-51-59-47(39-13-5-1-6-14-39)29-32-50(44-23-27-46(70)28-24-44)62(59)58-38-56(42-19-11-4-12-20-42)64(67(53)65(51)58)54-36-34-52(60(49)61)66(57)68(54)63/h1-38H. The summed E-state index contributed by atoms with van der Waals surface area (Å²) in [5, 5.41) is 9.84. The first-order valence-electron chi connectivity index (χ1n) is 24.0. The molecule has 0 heterocycles. The van der Waals surface area contributed by atoms with Crippen LogP contribution in [-0.2, 0) is 0 Å². The molecule has 2 heteroatoms. The number of fused-ring (bicyclic) bond motifs is 8. The molecule has 0 aliphatic heterocycles. The van der Waals surface area contributed by atoms with E-state index < -0.39 is 0 Å². The van der Waals surface area contributed by atoms with E-state index in [2.05, 4.69) is 182 Å². The van der Waals surface area contributed by atoms with E-state index in [0.717, 1.165) is 44.5 Å². The van der Waals surface area contributed by atoms with Crippen molar-refractivity contribution in [3.05, 3.63) is 242 Å². The molecular weight excluding hydrogens is 855 g/mol.